The molecule has 134 valence electrons. The number of aromatic amines is 1. The number of morpholine rings is 1. The summed E-state index contributed by atoms with van der Waals surface area (Å²) in [4.78, 5) is 6.57. The quantitative estimate of drug-likeness (QED) is 0.733. The predicted molar refractivity (Wildman–Crippen MR) is 95.7 cm³/mol. The second-order valence-corrected chi connectivity index (χ2v) is 5.06. The van der Waals surface area contributed by atoms with Crippen LogP contribution in [0.1, 0.15) is 11.9 Å². The Labute approximate surface area is 152 Å². The van der Waals surface area contributed by atoms with Crippen LogP contribution in [-0.4, -0.2) is 48.0 Å². The highest BCUT2D eigenvalue weighted by Gasteiger charge is 2.19. The lowest BCUT2D eigenvalue weighted by atomic mass is 10.2. The van der Waals surface area contributed by atoms with Gasteiger partial charge < -0.3 is 20.7 Å². The number of nitrogens with two attached hydrogens (primary N) is 1. The largest absolute Gasteiger partial charge is 0.378 e. The molecule has 0 radical (unpaired) electrons. The monoisotopic (exact) mass is 378 g/mol. The van der Waals surface area contributed by atoms with Gasteiger partial charge in [0, 0.05) is 25.3 Å². The van der Waals surface area contributed by atoms with Crippen LogP contribution >= 0.6 is 24.8 Å². The van der Waals surface area contributed by atoms with Crippen molar-refractivity contribution in [3.63, 3.8) is 0 Å². The first-order valence-electron chi connectivity index (χ1n) is 7.23. The van der Waals surface area contributed by atoms with Gasteiger partial charge in [0.25, 0.3) is 0 Å². The van der Waals surface area contributed by atoms with E-state index >= 15 is 0 Å². The first kappa shape index (κ1) is 20.4. The Morgan fingerprint density at radius 2 is 1.92 bits per heavy atom. The molecule has 0 bridgehead atoms. The fourth-order valence-electron chi connectivity index (χ4n) is 2.31. The number of anilines is 2. The SMILES string of the molecule is Cl.Cl.NCC(Nc1ccc(F)cc1)c1nc(N2CCOCC2)n[nH]1. The number of H-pyrrole nitrogens is 1. The predicted octanol–water partition coefficient (Wildman–Crippen LogP) is 1.74. The molecule has 24 heavy (non-hydrogen) atoms. The molecule has 2 heterocycles. The summed E-state index contributed by atoms with van der Waals surface area (Å²) in [7, 11) is 0. The molecule has 0 amide bonds. The molecule has 0 aliphatic carbocycles. The van der Waals surface area contributed by atoms with E-state index in [0.717, 1.165) is 18.8 Å². The molecule has 4 N–H and O–H groups in total. The fourth-order valence-corrected chi connectivity index (χ4v) is 2.31. The highest BCUT2D eigenvalue weighted by Crippen LogP contribution is 2.18. The lowest BCUT2D eigenvalue weighted by Gasteiger charge is -2.25. The minimum atomic E-state index is -0.274. The molecule has 1 aromatic carbocycles. The molecule has 3 rings (SSSR count). The lowest BCUT2D eigenvalue weighted by Crippen LogP contribution is -2.37. The molecule has 0 saturated carbocycles. The Morgan fingerprint density at radius 3 is 2.54 bits per heavy atom. The van der Waals surface area contributed by atoms with E-state index in [1.807, 2.05) is 0 Å². The standard InChI is InChI=1S/C14H19FN6O.2ClH/c15-10-1-3-11(4-2-10)17-12(9-16)13-18-14(20-19-13)21-5-7-22-8-6-21;;/h1-4,12,17H,5-9,16H2,(H,18,19,20);2*1H. The van der Waals surface area contributed by atoms with E-state index in [2.05, 4.69) is 25.4 Å². The molecule has 0 spiro atoms. The maximum absolute atomic E-state index is 12.9. The van der Waals surface area contributed by atoms with Gasteiger partial charge in [-0.1, -0.05) is 0 Å². The number of nitrogens with one attached hydrogen (secondary N) is 2. The maximum Gasteiger partial charge on any atom is 0.244 e. The summed E-state index contributed by atoms with van der Waals surface area (Å²) in [6, 6.07) is 5.91. The van der Waals surface area contributed by atoms with Crippen molar-refractivity contribution in [2.24, 2.45) is 5.73 Å². The summed E-state index contributed by atoms with van der Waals surface area (Å²) < 4.78 is 18.3. The van der Waals surface area contributed by atoms with E-state index in [0.29, 0.717) is 31.5 Å². The van der Waals surface area contributed by atoms with Crippen molar-refractivity contribution < 1.29 is 9.13 Å². The molecule has 1 fully saturated rings. The van der Waals surface area contributed by atoms with Crippen molar-refractivity contribution in [3.05, 3.63) is 35.9 Å². The normalized spacial score (nSPS) is 15.2. The fraction of sp³-hybridized carbons (Fsp3) is 0.429. The van der Waals surface area contributed by atoms with Crippen molar-refractivity contribution in [2.75, 3.05) is 43.1 Å². The molecule has 1 aliphatic heterocycles. The average molecular weight is 379 g/mol. The third-order valence-corrected chi connectivity index (χ3v) is 3.54. The summed E-state index contributed by atoms with van der Waals surface area (Å²) in [5.41, 5.74) is 6.59. The Balaban J connectivity index is 0.00000144. The van der Waals surface area contributed by atoms with E-state index in [1.165, 1.54) is 12.1 Å². The minimum Gasteiger partial charge on any atom is -0.378 e. The number of benzene rings is 1. The summed E-state index contributed by atoms with van der Waals surface area (Å²) in [5.74, 6) is 1.04. The van der Waals surface area contributed by atoms with Crippen LogP contribution in [0.3, 0.4) is 0 Å². The third-order valence-electron chi connectivity index (χ3n) is 3.54. The molecular formula is C14H21Cl2FN6O. The van der Waals surface area contributed by atoms with Crippen molar-refractivity contribution in [1.82, 2.24) is 15.2 Å². The maximum atomic E-state index is 12.9. The van der Waals surface area contributed by atoms with Gasteiger partial charge in [0.15, 0.2) is 0 Å². The molecule has 1 aromatic heterocycles. The number of hydrogen-bond acceptors (Lipinski definition) is 6. The first-order chi connectivity index (χ1) is 10.8. The molecule has 1 saturated heterocycles. The summed E-state index contributed by atoms with van der Waals surface area (Å²) in [6.07, 6.45) is 0. The van der Waals surface area contributed by atoms with Crippen LogP contribution in [0.2, 0.25) is 0 Å². The van der Waals surface area contributed by atoms with Gasteiger partial charge in [0.2, 0.25) is 5.95 Å². The summed E-state index contributed by atoms with van der Waals surface area (Å²) >= 11 is 0. The van der Waals surface area contributed by atoms with Crippen LogP contribution in [0.25, 0.3) is 0 Å². The Kier molecular flexibility index (Phi) is 8.20. The Morgan fingerprint density at radius 1 is 1.25 bits per heavy atom. The molecule has 1 unspecified atom stereocenters. The number of aromatic nitrogens is 3. The average Bonchev–Trinajstić information content (AvgIpc) is 3.05. The first-order valence-corrected chi connectivity index (χ1v) is 7.23. The second-order valence-electron chi connectivity index (χ2n) is 5.06. The van der Waals surface area contributed by atoms with Gasteiger partial charge in [0.05, 0.1) is 19.3 Å². The van der Waals surface area contributed by atoms with Crippen molar-refractivity contribution in [1.29, 1.82) is 0 Å². The van der Waals surface area contributed by atoms with E-state index < -0.39 is 0 Å². The van der Waals surface area contributed by atoms with Crippen molar-refractivity contribution in [3.8, 4) is 0 Å². The van der Waals surface area contributed by atoms with Crippen LogP contribution in [-0.2, 0) is 4.74 Å². The van der Waals surface area contributed by atoms with Gasteiger partial charge in [-0.15, -0.1) is 29.9 Å². The molecule has 1 atom stereocenters. The van der Waals surface area contributed by atoms with Crippen molar-refractivity contribution in [2.45, 2.75) is 6.04 Å². The highest BCUT2D eigenvalue weighted by atomic mass is 35.5. The zero-order valence-electron chi connectivity index (χ0n) is 12.9. The van der Waals surface area contributed by atoms with Crippen molar-refractivity contribution >= 4 is 36.4 Å². The number of hydrogen-bond donors (Lipinski definition) is 3. The number of halogens is 3. The molecule has 7 nitrogen and oxygen atoms in total. The van der Waals surface area contributed by atoms with Gasteiger partial charge in [-0.3, -0.25) is 5.10 Å². The van der Waals surface area contributed by atoms with Gasteiger partial charge in [-0.05, 0) is 24.3 Å². The van der Waals surface area contributed by atoms with Crippen LogP contribution in [0.4, 0.5) is 16.0 Å². The Bertz CT molecular complexity index is 606. The topological polar surface area (TPSA) is 92.1 Å². The number of rotatable bonds is 5. The van der Waals surface area contributed by atoms with Crippen LogP contribution in [0.15, 0.2) is 24.3 Å². The zero-order valence-corrected chi connectivity index (χ0v) is 14.6. The number of ether oxygens (including phenoxy) is 1. The summed E-state index contributed by atoms with van der Waals surface area (Å²) in [5, 5.41) is 10.4. The van der Waals surface area contributed by atoms with E-state index in [9.17, 15) is 4.39 Å². The van der Waals surface area contributed by atoms with Gasteiger partial charge in [0.1, 0.15) is 11.6 Å². The lowest BCUT2D eigenvalue weighted by molar-refractivity contribution is 0.122. The Hall–Kier alpha value is -1.61. The van der Waals surface area contributed by atoms with E-state index in [1.54, 1.807) is 12.1 Å². The highest BCUT2D eigenvalue weighted by molar-refractivity contribution is 5.85. The van der Waals surface area contributed by atoms with E-state index in [-0.39, 0.29) is 36.7 Å². The molecule has 2 aromatic rings. The van der Waals surface area contributed by atoms with Crippen LogP contribution in [0.5, 0.6) is 0 Å². The second kappa shape index (κ2) is 9.63. The van der Waals surface area contributed by atoms with Gasteiger partial charge >= 0.3 is 0 Å². The molecular weight excluding hydrogens is 358 g/mol. The molecule has 10 heteroatoms. The smallest absolute Gasteiger partial charge is 0.244 e. The number of nitrogens with zero attached hydrogens (tertiary/aromatic N) is 3. The van der Waals surface area contributed by atoms with Gasteiger partial charge in [-0.2, -0.15) is 4.98 Å². The minimum absolute atomic E-state index is 0. The third kappa shape index (κ3) is 4.94. The van der Waals surface area contributed by atoms with Gasteiger partial charge in [-0.25, -0.2) is 4.39 Å². The molecule has 1 aliphatic rings. The van der Waals surface area contributed by atoms with Crippen LogP contribution < -0.4 is 16.0 Å². The van der Waals surface area contributed by atoms with E-state index in [4.69, 9.17) is 10.5 Å². The summed E-state index contributed by atoms with van der Waals surface area (Å²) in [6.45, 7) is 3.25. The van der Waals surface area contributed by atoms with Crippen LogP contribution in [0, 0.1) is 5.82 Å². The zero-order chi connectivity index (χ0) is 15.4.